The number of methoxy groups -OCH3 is 1. The van der Waals surface area contributed by atoms with Gasteiger partial charge in [0.05, 0.1) is 13.7 Å². The van der Waals surface area contributed by atoms with Crippen molar-refractivity contribution in [1.82, 2.24) is 4.98 Å². The van der Waals surface area contributed by atoms with Crippen molar-refractivity contribution >= 4 is 38.1 Å². The fraction of sp³-hybridized carbons (Fsp3) is 0.471. The smallest absolute Gasteiger partial charge is 0.466 e. The number of aromatic nitrogens is 1. The summed E-state index contributed by atoms with van der Waals surface area (Å²) in [6.45, 7) is -0.627. The molecule has 3 rings (SSSR count). The fourth-order valence-corrected chi connectivity index (χ4v) is 4.39. The molecule has 1 aliphatic rings. The predicted molar refractivity (Wildman–Crippen MR) is 110 cm³/mol. The van der Waals surface area contributed by atoms with Gasteiger partial charge in [0.1, 0.15) is 40.6 Å². The highest BCUT2D eigenvalue weighted by Crippen LogP contribution is 2.32. The molecule has 0 bridgehead atoms. The van der Waals surface area contributed by atoms with Gasteiger partial charge in [0.25, 0.3) is 0 Å². The molecule has 0 saturated carbocycles. The molecule has 2 heterocycles. The van der Waals surface area contributed by atoms with E-state index in [2.05, 4.69) is 14.4 Å². The number of nitrogens with zero attached hydrogens (tertiary/aromatic N) is 1. The van der Waals surface area contributed by atoms with Crippen LogP contribution >= 0.6 is 11.8 Å². The second-order valence-electron chi connectivity index (χ2n) is 6.70. The van der Waals surface area contributed by atoms with Crippen molar-refractivity contribution < 1.29 is 47.2 Å². The van der Waals surface area contributed by atoms with Crippen LogP contribution in [0.2, 0.25) is 0 Å². The summed E-state index contributed by atoms with van der Waals surface area (Å²) in [7, 11) is -3.39. The number of fused-ring (bicyclic) bond motifs is 1. The van der Waals surface area contributed by atoms with E-state index in [1.807, 2.05) is 0 Å². The standard InChI is InChI=1S/C17H22N2O10S2/c1-27-9-2-3-11-10(5-9)8(6-18-11)4-13(19-29-31(24,25)26)30-17-16(23)15(22)14(21)12(7-20)28-17/h2-3,5-6,12,14-18,20-23H,4,7H2,1H3,(H,24,25,26)/b19-13+/t12-,14-,15+,16-,17+/m1/s1. The van der Waals surface area contributed by atoms with Crippen LogP contribution in [-0.2, 0) is 25.8 Å². The van der Waals surface area contributed by atoms with Crippen LogP contribution in [0.1, 0.15) is 5.56 Å². The van der Waals surface area contributed by atoms with E-state index in [1.165, 1.54) is 7.11 Å². The number of rotatable bonds is 7. The molecule has 5 atom stereocenters. The summed E-state index contributed by atoms with van der Waals surface area (Å²) in [6, 6.07) is 5.29. The van der Waals surface area contributed by atoms with Crippen molar-refractivity contribution in [3.05, 3.63) is 30.0 Å². The van der Waals surface area contributed by atoms with Crippen molar-refractivity contribution in [3.8, 4) is 5.75 Å². The number of aromatic amines is 1. The van der Waals surface area contributed by atoms with Crippen molar-refractivity contribution in [3.63, 3.8) is 0 Å². The number of aliphatic hydroxyl groups is 4. The lowest BCUT2D eigenvalue weighted by molar-refractivity contribution is -0.205. The lowest BCUT2D eigenvalue weighted by Crippen LogP contribution is -2.57. The first-order valence-corrected chi connectivity index (χ1v) is 11.2. The summed E-state index contributed by atoms with van der Waals surface area (Å²) < 4.78 is 45.6. The second-order valence-corrected chi connectivity index (χ2v) is 8.88. The number of oxime groups is 1. The maximum absolute atomic E-state index is 11.0. The molecule has 1 aromatic heterocycles. The van der Waals surface area contributed by atoms with Crippen molar-refractivity contribution in [1.29, 1.82) is 0 Å². The number of ether oxygens (including phenoxy) is 2. The molecule has 172 valence electrons. The average molecular weight is 479 g/mol. The number of nitrogens with one attached hydrogen (secondary N) is 1. The minimum atomic E-state index is -4.90. The van der Waals surface area contributed by atoms with E-state index in [4.69, 9.17) is 14.0 Å². The highest BCUT2D eigenvalue weighted by atomic mass is 32.3. The second kappa shape index (κ2) is 9.70. The van der Waals surface area contributed by atoms with E-state index in [1.54, 1.807) is 24.4 Å². The van der Waals surface area contributed by atoms with Crippen LogP contribution in [0.15, 0.2) is 29.6 Å². The molecule has 31 heavy (non-hydrogen) atoms. The van der Waals surface area contributed by atoms with E-state index in [9.17, 15) is 28.8 Å². The van der Waals surface area contributed by atoms with Gasteiger partial charge in [-0.1, -0.05) is 16.9 Å². The van der Waals surface area contributed by atoms with E-state index >= 15 is 0 Å². The molecule has 2 aromatic rings. The summed E-state index contributed by atoms with van der Waals surface area (Å²) in [4.78, 5) is 3.04. The molecule has 14 heteroatoms. The molecule has 6 N–H and O–H groups in total. The topological polar surface area (TPSA) is 191 Å². The first kappa shape index (κ1) is 23.7. The molecule has 1 fully saturated rings. The van der Waals surface area contributed by atoms with Gasteiger partial charge < -0.3 is 34.9 Å². The summed E-state index contributed by atoms with van der Waals surface area (Å²) >= 11 is 0.706. The Morgan fingerprint density at radius 2 is 2.00 bits per heavy atom. The molecule has 12 nitrogen and oxygen atoms in total. The van der Waals surface area contributed by atoms with E-state index in [0.29, 0.717) is 23.1 Å². The van der Waals surface area contributed by atoms with Crippen LogP contribution in [-0.4, -0.2) is 87.0 Å². The quantitative estimate of drug-likeness (QED) is 0.129. The van der Waals surface area contributed by atoms with Crippen LogP contribution in [0, 0.1) is 0 Å². The molecular weight excluding hydrogens is 456 g/mol. The molecule has 0 radical (unpaired) electrons. The summed E-state index contributed by atoms with van der Waals surface area (Å²) in [5.74, 6) is 0.586. The maximum atomic E-state index is 11.0. The zero-order chi connectivity index (χ0) is 22.8. The third-order valence-electron chi connectivity index (χ3n) is 4.65. The molecule has 1 saturated heterocycles. The monoisotopic (exact) mass is 478 g/mol. The van der Waals surface area contributed by atoms with Gasteiger partial charge >= 0.3 is 10.4 Å². The Kier molecular flexibility index (Phi) is 7.43. The van der Waals surface area contributed by atoms with Gasteiger partial charge in [-0.2, -0.15) is 8.42 Å². The third-order valence-corrected chi connectivity index (χ3v) is 6.03. The number of benzene rings is 1. The molecule has 1 aromatic carbocycles. The van der Waals surface area contributed by atoms with Crippen molar-refractivity contribution in [2.24, 2.45) is 5.16 Å². The van der Waals surface area contributed by atoms with Crippen LogP contribution in [0.3, 0.4) is 0 Å². The highest BCUT2D eigenvalue weighted by Gasteiger charge is 2.44. The largest absolute Gasteiger partial charge is 0.497 e. The minimum Gasteiger partial charge on any atom is -0.497 e. The van der Waals surface area contributed by atoms with Crippen LogP contribution in [0.25, 0.3) is 10.9 Å². The van der Waals surface area contributed by atoms with Crippen molar-refractivity contribution in [2.75, 3.05) is 13.7 Å². The Hall–Kier alpha value is -1.91. The van der Waals surface area contributed by atoms with Gasteiger partial charge in [0.15, 0.2) is 0 Å². The normalized spacial score (nSPS) is 27.4. The van der Waals surface area contributed by atoms with Gasteiger partial charge in [0, 0.05) is 23.5 Å². The first-order chi connectivity index (χ1) is 14.6. The van der Waals surface area contributed by atoms with E-state index in [-0.39, 0.29) is 11.5 Å². The van der Waals surface area contributed by atoms with E-state index in [0.717, 1.165) is 10.9 Å². The molecule has 0 spiro atoms. The summed E-state index contributed by atoms with van der Waals surface area (Å²) in [6.07, 6.45) is -4.26. The fourth-order valence-electron chi connectivity index (χ4n) is 3.08. The van der Waals surface area contributed by atoms with Gasteiger partial charge in [-0.05, 0) is 23.8 Å². The summed E-state index contributed by atoms with van der Waals surface area (Å²) in [5.41, 5.74) is 0.200. The number of hydrogen-bond acceptors (Lipinski definition) is 11. The highest BCUT2D eigenvalue weighted by molar-refractivity contribution is 8.14. The number of hydrogen-bond donors (Lipinski definition) is 6. The molecule has 0 unspecified atom stereocenters. The zero-order valence-electron chi connectivity index (χ0n) is 16.2. The molecular formula is C17H22N2O10S2. The molecule has 0 amide bonds. The summed E-state index contributed by atoms with van der Waals surface area (Å²) in [5, 5.41) is 43.6. The van der Waals surface area contributed by atoms with E-state index < -0.39 is 46.9 Å². The number of aliphatic hydroxyl groups excluding tert-OH is 4. The van der Waals surface area contributed by atoms with Gasteiger partial charge in [0.2, 0.25) is 0 Å². The zero-order valence-corrected chi connectivity index (χ0v) is 17.8. The number of thioether (sulfide) groups is 1. The first-order valence-electron chi connectivity index (χ1n) is 8.97. The Bertz CT molecular complexity index is 1040. The number of H-pyrrole nitrogens is 1. The van der Waals surface area contributed by atoms with Crippen molar-refractivity contribution in [2.45, 2.75) is 36.3 Å². The van der Waals surface area contributed by atoms with Crippen LogP contribution < -0.4 is 4.74 Å². The van der Waals surface area contributed by atoms with Crippen LogP contribution in [0.4, 0.5) is 0 Å². The van der Waals surface area contributed by atoms with Crippen LogP contribution in [0.5, 0.6) is 5.75 Å². The Morgan fingerprint density at radius 1 is 1.26 bits per heavy atom. The SMILES string of the molecule is COc1ccc2[nH]cc(C/C(=N\OS(=O)(=O)O)S[C@@H]3O[C@H](CO)[C@@H](O)[C@H](O)[C@H]3O)c2c1. The Morgan fingerprint density at radius 3 is 2.65 bits per heavy atom. The average Bonchev–Trinajstić information content (AvgIpc) is 3.13. The van der Waals surface area contributed by atoms with Gasteiger partial charge in [-0.3, -0.25) is 4.55 Å². The maximum Gasteiger partial charge on any atom is 0.466 e. The van der Waals surface area contributed by atoms with Gasteiger partial charge in [-0.25, -0.2) is 4.28 Å². The lowest BCUT2D eigenvalue weighted by Gasteiger charge is -2.39. The Labute approximate surface area is 181 Å². The molecule has 1 aliphatic heterocycles. The minimum absolute atomic E-state index is 0.0115. The predicted octanol–water partition coefficient (Wildman–Crippen LogP) is -0.615. The Balaban J connectivity index is 1.89. The molecule has 0 aliphatic carbocycles. The van der Waals surface area contributed by atoms with Gasteiger partial charge in [-0.15, -0.1) is 0 Å². The third kappa shape index (κ3) is 5.67. The lowest BCUT2D eigenvalue weighted by atomic mass is 10.0.